The van der Waals surface area contributed by atoms with E-state index >= 15 is 0 Å². The number of unbranched alkanes of at least 4 members (excludes halogenated alkanes) is 1. The van der Waals surface area contributed by atoms with Gasteiger partial charge in [-0.3, -0.25) is 0 Å². The van der Waals surface area contributed by atoms with Crippen molar-refractivity contribution in [1.29, 1.82) is 0 Å². The minimum atomic E-state index is -3.43. The Morgan fingerprint density at radius 2 is 2.00 bits per heavy atom. The highest BCUT2D eigenvalue weighted by Crippen LogP contribution is 2.14. The van der Waals surface area contributed by atoms with E-state index in [2.05, 4.69) is 4.72 Å². The van der Waals surface area contributed by atoms with E-state index in [4.69, 9.17) is 5.73 Å². The molecule has 6 heteroatoms. The average molecular weight is 288 g/mol. The van der Waals surface area contributed by atoms with Gasteiger partial charge in [0.15, 0.2) is 0 Å². The minimum Gasteiger partial charge on any atom is -0.326 e. The Morgan fingerprint density at radius 3 is 2.67 bits per heavy atom. The normalized spacial score (nSPS) is 11.7. The van der Waals surface area contributed by atoms with Crippen LogP contribution in [0.3, 0.4) is 0 Å². The molecule has 0 bridgehead atoms. The van der Waals surface area contributed by atoms with Gasteiger partial charge in [-0.2, -0.15) is 11.8 Å². The van der Waals surface area contributed by atoms with Gasteiger partial charge in [-0.25, -0.2) is 13.1 Å². The molecule has 0 unspecified atom stereocenters. The number of benzene rings is 1. The molecule has 4 nitrogen and oxygen atoms in total. The maximum absolute atomic E-state index is 12.1. The molecule has 1 aromatic carbocycles. The summed E-state index contributed by atoms with van der Waals surface area (Å²) in [6, 6.07) is 6.83. The molecule has 0 saturated carbocycles. The van der Waals surface area contributed by atoms with E-state index in [0.717, 1.165) is 18.6 Å². The fourth-order valence-corrected chi connectivity index (χ4v) is 3.41. The van der Waals surface area contributed by atoms with Crippen LogP contribution in [0.25, 0.3) is 0 Å². The van der Waals surface area contributed by atoms with Crippen molar-refractivity contribution in [2.24, 2.45) is 5.73 Å². The second kappa shape index (κ2) is 7.78. The number of nitrogens with one attached hydrogen (secondary N) is 1. The van der Waals surface area contributed by atoms with Crippen molar-refractivity contribution in [2.45, 2.75) is 24.3 Å². The Morgan fingerprint density at radius 1 is 1.28 bits per heavy atom. The molecule has 18 heavy (non-hydrogen) atoms. The lowest BCUT2D eigenvalue weighted by Crippen LogP contribution is -2.26. The van der Waals surface area contributed by atoms with Crippen molar-refractivity contribution in [3.63, 3.8) is 0 Å². The van der Waals surface area contributed by atoms with E-state index in [0.29, 0.717) is 12.1 Å². The van der Waals surface area contributed by atoms with Gasteiger partial charge in [0.2, 0.25) is 10.0 Å². The molecular formula is C12H20N2O2S2. The van der Waals surface area contributed by atoms with E-state index < -0.39 is 10.0 Å². The summed E-state index contributed by atoms with van der Waals surface area (Å²) in [5.74, 6) is 1.06. The van der Waals surface area contributed by atoms with Crippen LogP contribution in [0.2, 0.25) is 0 Å². The molecule has 0 atom stereocenters. The molecule has 0 aromatic heterocycles. The van der Waals surface area contributed by atoms with Crippen molar-refractivity contribution in [3.05, 3.63) is 29.8 Å². The molecule has 102 valence electrons. The van der Waals surface area contributed by atoms with Gasteiger partial charge in [0, 0.05) is 13.1 Å². The van der Waals surface area contributed by atoms with Gasteiger partial charge in [-0.15, -0.1) is 0 Å². The van der Waals surface area contributed by atoms with Gasteiger partial charge in [0.25, 0.3) is 0 Å². The first-order valence-corrected chi connectivity index (χ1v) is 8.76. The topological polar surface area (TPSA) is 72.2 Å². The minimum absolute atomic E-state index is 0.226. The second-order valence-corrected chi connectivity index (χ2v) is 6.63. The maximum Gasteiger partial charge on any atom is 0.240 e. The lowest BCUT2D eigenvalue weighted by molar-refractivity contribution is 0.577. The first kappa shape index (κ1) is 15.5. The van der Waals surface area contributed by atoms with Gasteiger partial charge < -0.3 is 5.73 Å². The number of thioether (sulfide) groups is 1. The number of hydrogen-bond donors (Lipinski definition) is 2. The molecule has 0 aliphatic heterocycles. The fourth-order valence-electron chi connectivity index (χ4n) is 1.59. The molecule has 0 aliphatic rings. The number of hydrogen-bond acceptors (Lipinski definition) is 4. The van der Waals surface area contributed by atoms with Crippen LogP contribution in [-0.2, 0) is 16.6 Å². The Bertz CT molecular complexity index is 461. The van der Waals surface area contributed by atoms with Crippen LogP contribution in [0.5, 0.6) is 0 Å². The van der Waals surface area contributed by atoms with Crippen molar-refractivity contribution >= 4 is 21.8 Å². The van der Waals surface area contributed by atoms with Crippen molar-refractivity contribution < 1.29 is 8.42 Å². The summed E-state index contributed by atoms with van der Waals surface area (Å²) in [5, 5.41) is 0. The predicted octanol–water partition coefficient (Wildman–Crippen LogP) is 1.57. The summed E-state index contributed by atoms with van der Waals surface area (Å²) in [7, 11) is -3.43. The van der Waals surface area contributed by atoms with Crippen LogP contribution in [0.15, 0.2) is 29.2 Å². The van der Waals surface area contributed by atoms with Crippen LogP contribution in [-0.4, -0.2) is 27.0 Å². The quantitative estimate of drug-likeness (QED) is 0.712. The highest BCUT2D eigenvalue weighted by molar-refractivity contribution is 7.98. The molecule has 1 aromatic rings. The van der Waals surface area contributed by atoms with Crippen LogP contribution >= 0.6 is 11.8 Å². The van der Waals surface area contributed by atoms with Crippen molar-refractivity contribution in [3.8, 4) is 0 Å². The van der Waals surface area contributed by atoms with Crippen molar-refractivity contribution in [2.75, 3.05) is 18.6 Å². The van der Waals surface area contributed by atoms with Gasteiger partial charge in [0.05, 0.1) is 4.90 Å². The molecule has 0 radical (unpaired) electrons. The molecule has 3 N–H and O–H groups in total. The zero-order valence-electron chi connectivity index (χ0n) is 10.6. The zero-order chi connectivity index (χ0) is 13.4. The predicted molar refractivity (Wildman–Crippen MR) is 77.1 cm³/mol. The SMILES string of the molecule is CSCCCCNS(=O)(=O)c1ccccc1CN. The monoisotopic (exact) mass is 288 g/mol. The number of rotatable bonds is 8. The largest absolute Gasteiger partial charge is 0.326 e. The van der Waals surface area contributed by atoms with Crippen LogP contribution in [0, 0.1) is 0 Å². The molecule has 0 heterocycles. The lowest BCUT2D eigenvalue weighted by atomic mass is 10.2. The molecule has 0 saturated heterocycles. The standard InChI is InChI=1S/C12H20N2O2S2/c1-17-9-5-4-8-14-18(15,16)12-7-3-2-6-11(12)10-13/h2-3,6-7,14H,4-5,8-10,13H2,1H3. The van der Waals surface area contributed by atoms with Gasteiger partial charge in [-0.05, 0) is 36.5 Å². The van der Waals surface area contributed by atoms with E-state index in [9.17, 15) is 8.42 Å². The smallest absolute Gasteiger partial charge is 0.240 e. The Labute approximate surface area is 113 Å². The average Bonchev–Trinajstić information content (AvgIpc) is 2.38. The Balaban J connectivity index is 2.63. The molecule has 0 aliphatic carbocycles. The summed E-state index contributed by atoms with van der Waals surface area (Å²) in [6.45, 7) is 0.700. The number of nitrogens with two attached hydrogens (primary N) is 1. The van der Waals surface area contributed by atoms with Gasteiger partial charge in [0.1, 0.15) is 0 Å². The molecule has 1 rings (SSSR count). The van der Waals surface area contributed by atoms with E-state index in [-0.39, 0.29) is 11.4 Å². The molecule has 0 spiro atoms. The van der Waals surface area contributed by atoms with Gasteiger partial charge in [-0.1, -0.05) is 18.2 Å². The number of sulfonamides is 1. The van der Waals surface area contributed by atoms with Crippen molar-refractivity contribution in [1.82, 2.24) is 4.72 Å². The molecular weight excluding hydrogens is 268 g/mol. The zero-order valence-corrected chi connectivity index (χ0v) is 12.2. The highest BCUT2D eigenvalue weighted by Gasteiger charge is 2.16. The Kier molecular flexibility index (Phi) is 6.70. The third-order valence-corrected chi connectivity index (χ3v) is 4.81. The summed E-state index contributed by atoms with van der Waals surface area (Å²) >= 11 is 1.77. The summed E-state index contributed by atoms with van der Waals surface area (Å²) in [6.07, 6.45) is 3.91. The summed E-state index contributed by atoms with van der Waals surface area (Å²) < 4.78 is 26.8. The third kappa shape index (κ3) is 4.61. The van der Waals surface area contributed by atoms with E-state index in [1.165, 1.54) is 0 Å². The highest BCUT2D eigenvalue weighted by atomic mass is 32.2. The first-order chi connectivity index (χ1) is 8.61. The maximum atomic E-state index is 12.1. The second-order valence-electron chi connectivity index (χ2n) is 3.91. The van der Waals surface area contributed by atoms with Crippen LogP contribution < -0.4 is 10.5 Å². The van der Waals surface area contributed by atoms with E-state index in [1.54, 1.807) is 36.0 Å². The summed E-state index contributed by atoms with van der Waals surface area (Å²) in [4.78, 5) is 0.289. The Hall–Kier alpha value is -0.560. The van der Waals surface area contributed by atoms with Gasteiger partial charge >= 0.3 is 0 Å². The summed E-state index contributed by atoms with van der Waals surface area (Å²) in [5.41, 5.74) is 6.19. The van der Waals surface area contributed by atoms with Crippen LogP contribution in [0.1, 0.15) is 18.4 Å². The van der Waals surface area contributed by atoms with E-state index in [1.807, 2.05) is 6.26 Å². The van der Waals surface area contributed by atoms with Crippen LogP contribution in [0.4, 0.5) is 0 Å². The molecule has 0 fully saturated rings. The third-order valence-electron chi connectivity index (χ3n) is 2.55. The molecule has 0 amide bonds. The first-order valence-electron chi connectivity index (χ1n) is 5.88. The lowest BCUT2D eigenvalue weighted by Gasteiger charge is -2.10. The fraction of sp³-hybridized carbons (Fsp3) is 0.500.